The quantitative estimate of drug-likeness (QED) is 0.668. The zero-order chi connectivity index (χ0) is 24.0. The maximum absolute atomic E-state index is 15.0. The molecule has 1 saturated carbocycles. The molecule has 1 atom stereocenters. The molecule has 1 aliphatic carbocycles. The van der Waals surface area contributed by atoms with Crippen LogP contribution in [0, 0.1) is 18.2 Å². The van der Waals surface area contributed by atoms with Crippen molar-refractivity contribution in [1.29, 1.82) is 0 Å². The van der Waals surface area contributed by atoms with Crippen LogP contribution in [0.5, 0.6) is 5.88 Å². The molecular weight excluding hydrogens is 452 g/mol. The van der Waals surface area contributed by atoms with Gasteiger partial charge in [-0.05, 0) is 43.5 Å². The monoisotopic (exact) mass is 473 g/mol. The number of terminal acetylenes is 1. The first kappa shape index (κ1) is 22.7. The highest BCUT2D eigenvalue weighted by molar-refractivity contribution is 7.91. The van der Waals surface area contributed by atoms with Crippen LogP contribution in [0.25, 0.3) is 11.9 Å². The Morgan fingerprint density at radius 1 is 1.36 bits per heavy atom. The fourth-order valence-electron chi connectivity index (χ4n) is 4.06. The van der Waals surface area contributed by atoms with Crippen LogP contribution in [0.15, 0.2) is 35.6 Å². The summed E-state index contributed by atoms with van der Waals surface area (Å²) in [5.74, 6) is 0.811. The molecule has 1 aliphatic heterocycles. The van der Waals surface area contributed by atoms with Crippen molar-refractivity contribution >= 4 is 27.9 Å². The highest BCUT2D eigenvalue weighted by Gasteiger charge is 2.70. The summed E-state index contributed by atoms with van der Waals surface area (Å²) >= 11 is 0. The predicted molar refractivity (Wildman–Crippen MR) is 119 cm³/mol. The third-order valence-electron chi connectivity index (χ3n) is 6.09. The number of halogens is 2. The van der Waals surface area contributed by atoms with Crippen molar-refractivity contribution in [3.63, 3.8) is 0 Å². The molecule has 1 spiro atoms. The molecule has 2 heterocycles. The number of hydrogen-bond acceptors (Lipinski definition) is 7. The molecule has 8 nitrogen and oxygen atoms in total. The van der Waals surface area contributed by atoms with Crippen molar-refractivity contribution in [2.75, 3.05) is 13.7 Å². The molecule has 4 rings (SSSR count). The molecule has 172 valence electrons. The van der Waals surface area contributed by atoms with Gasteiger partial charge in [-0.15, -0.1) is 6.42 Å². The van der Waals surface area contributed by atoms with Gasteiger partial charge in [-0.25, -0.2) is 36.5 Å². The molecule has 1 aromatic carbocycles. The number of nitrogens with two attached hydrogens (primary N) is 1. The lowest BCUT2D eigenvalue weighted by Crippen LogP contribution is -2.58. The lowest BCUT2D eigenvalue weighted by Gasteiger charge is -2.42. The molecule has 33 heavy (non-hydrogen) atoms. The van der Waals surface area contributed by atoms with Gasteiger partial charge in [0.1, 0.15) is 21.8 Å². The largest absolute Gasteiger partial charge is 0.463 e. The van der Waals surface area contributed by atoms with E-state index in [0.29, 0.717) is 18.4 Å². The summed E-state index contributed by atoms with van der Waals surface area (Å²) in [6.45, 7) is 1.55. The fourth-order valence-corrected chi connectivity index (χ4v) is 6.14. The zero-order valence-electron chi connectivity index (χ0n) is 17.9. The summed E-state index contributed by atoms with van der Waals surface area (Å²) in [7, 11) is -2.54. The SMILES string of the molecule is C#CCOc1cnc(/C(F)=C/c2ccc(F)c([C@@]3(C)N=C(N)N(C)S(=O)(=O)C34CC4)c2)cn1. The summed E-state index contributed by atoms with van der Waals surface area (Å²) in [5.41, 5.74) is 4.64. The van der Waals surface area contributed by atoms with Gasteiger partial charge in [0.05, 0.1) is 12.4 Å². The average Bonchev–Trinajstić information content (AvgIpc) is 3.61. The number of aliphatic imine (C=N–C) groups is 1. The van der Waals surface area contributed by atoms with E-state index in [2.05, 4.69) is 20.9 Å². The molecule has 2 aromatic rings. The van der Waals surface area contributed by atoms with Gasteiger partial charge in [0, 0.05) is 12.6 Å². The first-order valence-electron chi connectivity index (χ1n) is 9.95. The lowest BCUT2D eigenvalue weighted by atomic mass is 9.85. The van der Waals surface area contributed by atoms with E-state index in [1.54, 1.807) is 6.92 Å². The van der Waals surface area contributed by atoms with Crippen LogP contribution in [-0.2, 0) is 15.6 Å². The zero-order valence-corrected chi connectivity index (χ0v) is 18.7. The van der Waals surface area contributed by atoms with Crippen molar-refractivity contribution in [1.82, 2.24) is 14.3 Å². The number of nitrogens with zero attached hydrogens (tertiary/aromatic N) is 4. The molecular formula is C22H21F2N5O3S. The highest BCUT2D eigenvalue weighted by Crippen LogP contribution is 2.60. The maximum Gasteiger partial charge on any atom is 0.245 e. The molecule has 1 aromatic heterocycles. The summed E-state index contributed by atoms with van der Waals surface area (Å²) in [6, 6.07) is 3.90. The third-order valence-corrected chi connectivity index (χ3v) is 8.79. The van der Waals surface area contributed by atoms with Gasteiger partial charge in [-0.2, -0.15) is 0 Å². The van der Waals surface area contributed by atoms with E-state index in [-0.39, 0.29) is 29.7 Å². The summed E-state index contributed by atoms with van der Waals surface area (Å²) < 4.78 is 60.7. The van der Waals surface area contributed by atoms with Gasteiger partial charge in [0.15, 0.2) is 12.4 Å². The molecule has 2 aliphatic rings. The van der Waals surface area contributed by atoms with Gasteiger partial charge in [-0.3, -0.25) is 0 Å². The van der Waals surface area contributed by atoms with Crippen LogP contribution in [0.2, 0.25) is 0 Å². The average molecular weight is 474 g/mol. The Morgan fingerprint density at radius 2 is 2.09 bits per heavy atom. The van der Waals surface area contributed by atoms with Crippen LogP contribution in [0.1, 0.15) is 36.6 Å². The van der Waals surface area contributed by atoms with Crippen LogP contribution in [0.3, 0.4) is 0 Å². The fraction of sp³-hybridized carbons (Fsp3) is 0.318. The molecule has 2 N–H and O–H groups in total. The smallest absolute Gasteiger partial charge is 0.245 e. The van der Waals surface area contributed by atoms with Crippen molar-refractivity contribution in [3.05, 3.63) is 53.2 Å². The Balaban J connectivity index is 1.73. The van der Waals surface area contributed by atoms with Gasteiger partial charge in [0.25, 0.3) is 0 Å². The molecule has 0 saturated heterocycles. The van der Waals surface area contributed by atoms with E-state index >= 15 is 0 Å². The van der Waals surface area contributed by atoms with Gasteiger partial charge in [0.2, 0.25) is 21.9 Å². The Hall–Kier alpha value is -3.52. The van der Waals surface area contributed by atoms with E-state index in [1.165, 1.54) is 31.6 Å². The van der Waals surface area contributed by atoms with E-state index in [4.69, 9.17) is 16.9 Å². The van der Waals surface area contributed by atoms with Crippen molar-refractivity contribution in [3.8, 4) is 18.2 Å². The molecule has 11 heteroatoms. The first-order valence-corrected chi connectivity index (χ1v) is 11.4. The minimum atomic E-state index is -3.86. The van der Waals surface area contributed by atoms with E-state index in [9.17, 15) is 17.2 Å². The number of aromatic nitrogens is 2. The Morgan fingerprint density at radius 3 is 2.70 bits per heavy atom. The van der Waals surface area contributed by atoms with Crippen LogP contribution in [0.4, 0.5) is 8.78 Å². The minimum Gasteiger partial charge on any atom is -0.463 e. The third kappa shape index (κ3) is 3.51. The number of ether oxygens (including phenoxy) is 1. The molecule has 0 unspecified atom stereocenters. The highest BCUT2D eigenvalue weighted by atomic mass is 32.2. The predicted octanol–water partition coefficient (Wildman–Crippen LogP) is 2.43. The lowest BCUT2D eigenvalue weighted by molar-refractivity contribution is 0.353. The molecule has 0 radical (unpaired) electrons. The normalized spacial score (nSPS) is 23.1. The number of rotatable bonds is 5. The number of guanidine groups is 1. The molecule has 0 bridgehead atoms. The molecule has 1 fully saturated rings. The van der Waals surface area contributed by atoms with Crippen molar-refractivity contribution < 1.29 is 21.9 Å². The van der Waals surface area contributed by atoms with Crippen LogP contribution < -0.4 is 10.5 Å². The topological polar surface area (TPSA) is 111 Å². The van der Waals surface area contributed by atoms with Crippen molar-refractivity contribution in [2.45, 2.75) is 30.1 Å². The van der Waals surface area contributed by atoms with Crippen LogP contribution in [-0.4, -0.2) is 47.1 Å². The van der Waals surface area contributed by atoms with Crippen LogP contribution >= 0.6 is 0 Å². The first-order chi connectivity index (χ1) is 15.6. The summed E-state index contributed by atoms with van der Waals surface area (Å²) in [6.07, 6.45) is 9.28. The Kier molecular flexibility index (Phi) is 5.36. The maximum atomic E-state index is 15.0. The van der Waals surface area contributed by atoms with Gasteiger partial charge >= 0.3 is 0 Å². The van der Waals surface area contributed by atoms with Gasteiger partial charge < -0.3 is 10.5 Å². The number of sulfonamides is 1. The Labute approximate surface area is 190 Å². The van der Waals surface area contributed by atoms with E-state index in [1.807, 2.05) is 0 Å². The second-order valence-corrected chi connectivity index (χ2v) is 10.3. The number of benzene rings is 1. The number of hydrogen-bond donors (Lipinski definition) is 1. The van der Waals surface area contributed by atoms with Gasteiger partial charge in [-0.1, -0.05) is 12.0 Å². The Bertz CT molecular complexity index is 1310. The van der Waals surface area contributed by atoms with E-state index in [0.717, 1.165) is 16.4 Å². The minimum absolute atomic E-state index is 0.00344. The summed E-state index contributed by atoms with van der Waals surface area (Å²) in [4.78, 5) is 12.3. The molecule has 0 amide bonds. The standard InChI is InChI=1S/C22H21F2N5O3S/c1-4-9-32-19-13-26-18(12-27-19)17(24)11-14-5-6-16(23)15(10-14)21(2)22(7-8-22)33(30,31)29(3)20(25)28-21/h1,5-6,10-13H,7-9H2,2-3H3,(H2,25,28)/b17-11-/t21-/m1/s1. The summed E-state index contributed by atoms with van der Waals surface area (Å²) in [5, 5.41) is 0. The van der Waals surface area contributed by atoms with Crippen molar-refractivity contribution in [2.24, 2.45) is 10.7 Å². The van der Waals surface area contributed by atoms with E-state index < -0.39 is 32.0 Å². The second kappa shape index (κ2) is 7.81. The second-order valence-electron chi connectivity index (χ2n) is 7.97.